The van der Waals surface area contributed by atoms with Gasteiger partial charge >= 0.3 is 5.97 Å². The van der Waals surface area contributed by atoms with Crippen molar-refractivity contribution in [3.63, 3.8) is 0 Å². The fraction of sp³-hybridized carbons (Fsp3) is 0.667. The molecule has 2 aliphatic rings. The first kappa shape index (κ1) is 14.8. The molecule has 0 N–H and O–H groups in total. The van der Waals surface area contributed by atoms with Crippen molar-refractivity contribution in [2.45, 2.75) is 58.3 Å². The Morgan fingerprint density at radius 2 is 1.85 bits per heavy atom. The maximum absolute atomic E-state index is 12.0. The highest BCUT2D eigenvalue weighted by molar-refractivity contribution is 6.01. The highest BCUT2D eigenvalue weighted by Gasteiger charge is 2.35. The first-order valence-corrected chi connectivity index (χ1v) is 7.22. The Hall–Kier alpha value is -1.65. The lowest BCUT2D eigenvalue weighted by molar-refractivity contribution is -0.199. The van der Waals surface area contributed by atoms with Crippen molar-refractivity contribution < 1.29 is 19.2 Å². The Bertz CT molecular complexity index is 427. The second-order valence-corrected chi connectivity index (χ2v) is 5.93. The standard InChI is InChI=1S/C15H21NO4/c1-15(9-5-3-2-4-6-10-15)11-14(19)20-16-12(17)7-8-13(16)18/h2-3H,4-11H2,1H3. The smallest absolute Gasteiger partial charge is 0.330 e. The molecule has 2 amide bonds. The molecule has 0 saturated carbocycles. The van der Waals surface area contributed by atoms with E-state index in [9.17, 15) is 14.4 Å². The summed E-state index contributed by atoms with van der Waals surface area (Å²) in [6.45, 7) is 2.07. The van der Waals surface area contributed by atoms with Crippen LogP contribution >= 0.6 is 0 Å². The Kier molecular flexibility index (Phi) is 4.57. The van der Waals surface area contributed by atoms with E-state index in [0.29, 0.717) is 5.06 Å². The summed E-state index contributed by atoms with van der Waals surface area (Å²) in [4.78, 5) is 39.8. The highest BCUT2D eigenvalue weighted by atomic mass is 16.7. The second kappa shape index (κ2) is 6.20. The molecule has 20 heavy (non-hydrogen) atoms. The van der Waals surface area contributed by atoms with Crippen LogP contribution in [0.1, 0.15) is 58.3 Å². The van der Waals surface area contributed by atoms with Crippen molar-refractivity contribution in [2.75, 3.05) is 0 Å². The third kappa shape index (κ3) is 3.68. The van der Waals surface area contributed by atoms with Gasteiger partial charge in [-0.2, -0.15) is 0 Å². The summed E-state index contributed by atoms with van der Waals surface area (Å²) in [5, 5.41) is 0.633. The Labute approximate surface area is 118 Å². The fourth-order valence-corrected chi connectivity index (χ4v) is 2.76. The summed E-state index contributed by atoms with van der Waals surface area (Å²) in [7, 11) is 0. The molecule has 110 valence electrons. The molecule has 1 unspecified atom stereocenters. The van der Waals surface area contributed by atoms with E-state index in [1.807, 2.05) is 0 Å². The van der Waals surface area contributed by atoms with Crippen LogP contribution in [0.15, 0.2) is 12.2 Å². The van der Waals surface area contributed by atoms with Crippen LogP contribution in [0.2, 0.25) is 0 Å². The zero-order chi connectivity index (χ0) is 14.6. The van der Waals surface area contributed by atoms with Gasteiger partial charge in [0.05, 0.1) is 6.42 Å². The summed E-state index contributed by atoms with van der Waals surface area (Å²) in [5.74, 6) is -1.33. The van der Waals surface area contributed by atoms with Crippen LogP contribution in [-0.2, 0) is 19.2 Å². The largest absolute Gasteiger partial charge is 0.333 e. The minimum Gasteiger partial charge on any atom is -0.330 e. The van der Waals surface area contributed by atoms with Gasteiger partial charge in [0.1, 0.15) is 0 Å². The summed E-state index contributed by atoms with van der Waals surface area (Å²) < 4.78 is 0. The lowest BCUT2D eigenvalue weighted by Gasteiger charge is -2.29. The highest BCUT2D eigenvalue weighted by Crippen LogP contribution is 2.35. The lowest BCUT2D eigenvalue weighted by Crippen LogP contribution is -2.34. The summed E-state index contributed by atoms with van der Waals surface area (Å²) in [6, 6.07) is 0. The van der Waals surface area contributed by atoms with Crippen LogP contribution in [0.25, 0.3) is 0 Å². The van der Waals surface area contributed by atoms with Crippen LogP contribution in [0.4, 0.5) is 0 Å². The molecule has 0 radical (unpaired) electrons. The number of rotatable bonds is 3. The molecule has 0 aromatic rings. The molecule has 1 atom stereocenters. The quantitative estimate of drug-likeness (QED) is 0.588. The van der Waals surface area contributed by atoms with E-state index in [-0.39, 0.29) is 24.7 Å². The number of hydrogen-bond acceptors (Lipinski definition) is 4. The maximum Gasteiger partial charge on any atom is 0.333 e. The summed E-state index contributed by atoms with van der Waals surface area (Å²) in [6.07, 6.45) is 9.74. The molecule has 0 aromatic heterocycles. The maximum atomic E-state index is 12.0. The molecular formula is C15H21NO4. The van der Waals surface area contributed by atoms with Gasteiger partial charge in [0.2, 0.25) is 0 Å². The molecular weight excluding hydrogens is 258 g/mol. The molecule has 0 spiro atoms. The first-order valence-electron chi connectivity index (χ1n) is 7.22. The molecule has 1 saturated heterocycles. The third-order valence-electron chi connectivity index (χ3n) is 4.00. The van der Waals surface area contributed by atoms with Crippen LogP contribution in [0.3, 0.4) is 0 Å². The lowest BCUT2D eigenvalue weighted by atomic mass is 9.77. The molecule has 5 nitrogen and oxygen atoms in total. The third-order valence-corrected chi connectivity index (χ3v) is 4.00. The molecule has 0 bridgehead atoms. The molecule has 1 aliphatic heterocycles. The van der Waals surface area contributed by atoms with E-state index in [1.54, 1.807) is 0 Å². The van der Waals surface area contributed by atoms with E-state index in [0.717, 1.165) is 32.1 Å². The number of nitrogens with zero attached hydrogens (tertiary/aromatic N) is 1. The molecule has 5 heteroatoms. The van der Waals surface area contributed by atoms with Gasteiger partial charge in [-0.3, -0.25) is 9.59 Å². The molecule has 1 heterocycles. The van der Waals surface area contributed by atoms with Crippen LogP contribution in [-0.4, -0.2) is 22.8 Å². The van der Waals surface area contributed by atoms with Crippen molar-refractivity contribution in [3.05, 3.63) is 12.2 Å². The number of amides is 2. The van der Waals surface area contributed by atoms with Crippen molar-refractivity contribution in [1.82, 2.24) is 5.06 Å². The summed E-state index contributed by atoms with van der Waals surface area (Å²) >= 11 is 0. The van der Waals surface area contributed by atoms with Crippen molar-refractivity contribution in [1.29, 1.82) is 0 Å². The number of hydrogen-bond donors (Lipinski definition) is 0. The van der Waals surface area contributed by atoms with E-state index in [4.69, 9.17) is 4.84 Å². The van der Waals surface area contributed by atoms with Gasteiger partial charge in [-0.1, -0.05) is 19.1 Å². The Morgan fingerprint density at radius 3 is 2.55 bits per heavy atom. The summed E-state index contributed by atoms with van der Waals surface area (Å²) in [5.41, 5.74) is -0.117. The van der Waals surface area contributed by atoms with E-state index in [1.165, 1.54) is 0 Å². The topological polar surface area (TPSA) is 63.7 Å². The molecule has 1 aliphatic carbocycles. The van der Waals surface area contributed by atoms with Gasteiger partial charge in [0.15, 0.2) is 0 Å². The number of carbonyl (C=O) groups is 3. The van der Waals surface area contributed by atoms with Crippen LogP contribution in [0.5, 0.6) is 0 Å². The first-order chi connectivity index (χ1) is 9.50. The Balaban J connectivity index is 1.91. The van der Waals surface area contributed by atoms with Crippen molar-refractivity contribution in [3.8, 4) is 0 Å². The predicted molar refractivity (Wildman–Crippen MR) is 72.1 cm³/mol. The van der Waals surface area contributed by atoms with Crippen molar-refractivity contribution >= 4 is 17.8 Å². The van der Waals surface area contributed by atoms with Crippen molar-refractivity contribution in [2.24, 2.45) is 5.41 Å². The van der Waals surface area contributed by atoms with Gasteiger partial charge in [-0.05, 0) is 37.5 Å². The van der Waals surface area contributed by atoms with E-state index < -0.39 is 17.8 Å². The second-order valence-electron chi connectivity index (χ2n) is 5.93. The van der Waals surface area contributed by atoms with Crippen LogP contribution in [0, 0.1) is 5.41 Å². The minimum absolute atomic E-state index is 0.117. The number of carbonyl (C=O) groups excluding carboxylic acids is 3. The van der Waals surface area contributed by atoms with Gasteiger partial charge in [0.25, 0.3) is 11.8 Å². The normalized spacial score (nSPS) is 27.4. The molecule has 1 fully saturated rings. The SMILES string of the molecule is CC1(CC(=O)ON2C(=O)CCC2=O)CCC=CCCC1. The van der Waals surface area contributed by atoms with Gasteiger partial charge in [-0.15, -0.1) is 5.06 Å². The Morgan fingerprint density at radius 1 is 1.20 bits per heavy atom. The number of hydroxylamine groups is 2. The zero-order valence-corrected chi connectivity index (χ0v) is 11.9. The number of imide groups is 1. The fourth-order valence-electron chi connectivity index (χ4n) is 2.76. The average Bonchev–Trinajstić information content (AvgIpc) is 2.66. The van der Waals surface area contributed by atoms with Gasteiger partial charge < -0.3 is 4.84 Å². The van der Waals surface area contributed by atoms with Gasteiger partial charge in [0, 0.05) is 12.8 Å². The van der Waals surface area contributed by atoms with E-state index >= 15 is 0 Å². The van der Waals surface area contributed by atoms with E-state index in [2.05, 4.69) is 19.1 Å². The number of allylic oxidation sites excluding steroid dienone is 2. The average molecular weight is 279 g/mol. The van der Waals surface area contributed by atoms with Gasteiger partial charge in [-0.25, -0.2) is 4.79 Å². The molecule has 2 rings (SSSR count). The van der Waals surface area contributed by atoms with Crippen LogP contribution < -0.4 is 0 Å². The zero-order valence-electron chi connectivity index (χ0n) is 11.9. The molecule has 0 aromatic carbocycles. The minimum atomic E-state index is -0.486. The monoisotopic (exact) mass is 279 g/mol. The predicted octanol–water partition coefficient (Wildman–Crippen LogP) is 2.51.